The van der Waals surface area contributed by atoms with Crippen LogP contribution in [-0.4, -0.2) is 48.8 Å². The molecule has 0 heterocycles. The fourth-order valence-corrected chi connectivity index (χ4v) is 1.39. The first-order valence-electron chi connectivity index (χ1n) is 6.20. The quantitative estimate of drug-likeness (QED) is 0.789. The molecule has 5 nitrogen and oxygen atoms in total. The molecule has 0 spiro atoms. The molecule has 0 bridgehead atoms. The molecule has 1 aromatic rings. The normalized spacial score (nSPS) is 11.4. The highest BCUT2D eigenvalue weighted by Crippen LogP contribution is 2.19. The van der Waals surface area contributed by atoms with Gasteiger partial charge in [-0.1, -0.05) is 0 Å². The minimum atomic E-state index is -0.993. The third-order valence-corrected chi connectivity index (χ3v) is 2.65. The summed E-state index contributed by atoms with van der Waals surface area (Å²) in [5.41, 5.74) is -0.236. The Labute approximate surface area is 114 Å². The van der Waals surface area contributed by atoms with E-state index in [9.17, 15) is 4.79 Å². The SMILES string of the molecule is CN(C)CCOc1ccc(NC(C)(C)C(=O)O)cc1. The molecule has 0 atom stereocenters. The Bertz CT molecular complexity index is 413. The Morgan fingerprint density at radius 1 is 1.32 bits per heavy atom. The maximum absolute atomic E-state index is 11.0. The predicted molar refractivity (Wildman–Crippen MR) is 75.8 cm³/mol. The minimum Gasteiger partial charge on any atom is -0.492 e. The van der Waals surface area contributed by atoms with Gasteiger partial charge in [-0.15, -0.1) is 0 Å². The van der Waals surface area contributed by atoms with Crippen LogP contribution in [0.25, 0.3) is 0 Å². The molecular weight excluding hydrogens is 244 g/mol. The third kappa shape index (κ3) is 5.18. The zero-order chi connectivity index (χ0) is 14.5. The number of ether oxygens (including phenoxy) is 1. The number of benzene rings is 1. The summed E-state index contributed by atoms with van der Waals surface area (Å²) in [4.78, 5) is 13.1. The molecule has 1 aromatic carbocycles. The summed E-state index contributed by atoms with van der Waals surface area (Å²) in [6.07, 6.45) is 0. The van der Waals surface area contributed by atoms with E-state index in [0.717, 1.165) is 18.0 Å². The smallest absolute Gasteiger partial charge is 0.328 e. The molecular formula is C14H22N2O3. The van der Waals surface area contributed by atoms with Gasteiger partial charge in [-0.3, -0.25) is 0 Å². The summed E-state index contributed by atoms with van der Waals surface area (Å²) >= 11 is 0. The Balaban J connectivity index is 2.54. The van der Waals surface area contributed by atoms with Crippen LogP contribution in [0.1, 0.15) is 13.8 Å². The second-order valence-electron chi connectivity index (χ2n) is 5.23. The van der Waals surface area contributed by atoms with Crippen molar-refractivity contribution in [1.82, 2.24) is 4.90 Å². The monoisotopic (exact) mass is 266 g/mol. The number of hydrogen-bond donors (Lipinski definition) is 2. The summed E-state index contributed by atoms with van der Waals surface area (Å²) in [6, 6.07) is 7.29. The fourth-order valence-electron chi connectivity index (χ4n) is 1.39. The maximum Gasteiger partial charge on any atom is 0.328 e. The molecule has 0 amide bonds. The zero-order valence-electron chi connectivity index (χ0n) is 11.9. The van der Waals surface area contributed by atoms with Crippen LogP contribution in [0.3, 0.4) is 0 Å². The molecule has 0 aliphatic rings. The van der Waals surface area contributed by atoms with E-state index in [1.54, 1.807) is 13.8 Å². The molecule has 5 heteroatoms. The van der Waals surface area contributed by atoms with Crippen LogP contribution in [0.5, 0.6) is 5.75 Å². The van der Waals surface area contributed by atoms with Crippen LogP contribution in [-0.2, 0) is 4.79 Å². The number of nitrogens with zero attached hydrogens (tertiary/aromatic N) is 1. The van der Waals surface area contributed by atoms with E-state index >= 15 is 0 Å². The third-order valence-electron chi connectivity index (χ3n) is 2.65. The van der Waals surface area contributed by atoms with Crippen molar-refractivity contribution in [1.29, 1.82) is 0 Å². The van der Waals surface area contributed by atoms with Gasteiger partial charge in [0, 0.05) is 12.2 Å². The second kappa shape index (κ2) is 6.43. The number of nitrogens with one attached hydrogen (secondary N) is 1. The Morgan fingerprint density at radius 2 is 1.89 bits per heavy atom. The van der Waals surface area contributed by atoms with E-state index < -0.39 is 11.5 Å². The van der Waals surface area contributed by atoms with Crippen LogP contribution < -0.4 is 10.1 Å². The van der Waals surface area contributed by atoms with Crippen LogP contribution in [0.15, 0.2) is 24.3 Å². The summed E-state index contributed by atoms with van der Waals surface area (Å²) in [6.45, 7) is 4.72. The lowest BCUT2D eigenvalue weighted by Gasteiger charge is -2.22. The Morgan fingerprint density at radius 3 is 2.37 bits per heavy atom. The maximum atomic E-state index is 11.0. The van der Waals surface area contributed by atoms with Crippen molar-refractivity contribution in [2.45, 2.75) is 19.4 Å². The molecule has 0 saturated heterocycles. The number of carboxylic acid groups (broad SMARTS) is 1. The van der Waals surface area contributed by atoms with E-state index in [-0.39, 0.29) is 0 Å². The van der Waals surface area contributed by atoms with Crippen molar-refractivity contribution in [3.63, 3.8) is 0 Å². The lowest BCUT2D eigenvalue weighted by atomic mass is 10.1. The molecule has 2 N–H and O–H groups in total. The molecule has 106 valence electrons. The van der Waals surface area contributed by atoms with Gasteiger partial charge in [0.25, 0.3) is 0 Å². The average Bonchev–Trinajstić information content (AvgIpc) is 2.30. The van der Waals surface area contributed by atoms with Crippen molar-refractivity contribution in [2.24, 2.45) is 0 Å². The number of likely N-dealkylation sites (N-methyl/N-ethyl adjacent to an activating group) is 1. The average molecular weight is 266 g/mol. The summed E-state index contributed by atoms with van der Waals surface area (Å²) < 4.78 is 5.56. The van der Waals surface area contributed by atoms with E-state index in [4.69, 9.17) is 9.84 Å². The van der Waals surface area contributed by atoms with Crippen molar-refractivity contribution in [3.05, 3.63) is 24.3 Å². The first-order chi connectivity index (χ1) is 8.81. The van der Waals surface area contributed by atoms with Crippen LogP contribution in [0, 0.1) is 0 Å². The number of carboxylic acids is 1. The molecule has 19 heavy (non-hydrogen) atoms. The number of carbonyl (C=O) groups is 1. The topological polar surface area (TPSA) is 61.8 Å². The number of aliphatic carboxylic acids is 1. The van der Waals surface area contributed by atoms with Crippen LogP contribution >= 0.6 is 0 Å². The van der Waals surface area contributed by atoms with Crippen LogP contribution in [0.2, 0.25) is 0 Å². The van der Waals surface area contributed by atoms with Gasteiger partial charge in [0.2, 0.25) is 0 Å². The van der Waals surface area contributed by atoms with Crippen molar-refractivity contribution in [2.75, 3.05) is 32.6 Å². The Hall–Kier alpha value is -1.75. The van der Waals surface area contributed by atoms with Crippen molar-refractivity contribution >= 4 is 11.7 Å². The van der Waals surface area contributed by atoms with E-state index in [2.05, 4.69) is 5.32 Å². The van der Waals surface area contributed by atoms with Gasteiger partial charge in [0.1, 0.15) is 17.9 Å². The summed E-state index contributed by atoms with van der Waals surface area (Å²) in [5.74, 6) is -0.112. The van der Waals surface area contributed by atoms with Gasteiger partial charge in [0.05, 0.1) is 0 Å². The minimum absolute atomic E-state index is 0.625. The summed E-state index contributed by atoms with van der Waals surface area (Å²) in [7, 11) is 3.98. The molecule has 0 aliphatic carbocycles. The number of rotatable bonds is 7. The number of hydrogen-bond acceptors (Lipinski definition) is 4. The first-order valence-corrected chi connectivity index (χ1v) is 6.20. The lowest BCUT2D eigenvalue weighted by Crippen LogP contribution is -2.39. The lowest BCUT2D eigenvalue weighted by molar-refractivity contribution is -0.141. The number of anilines is 1. The van der Waals surface area contributed by atoms with Gasteiger partial charge in [0.15, 0.2) is 0 Å². The van der Waals surface area contributed by atoms with E-state index in [1.165, 1.54) is 0 Å². The largest absolute Gasteiger partial charge is 0.492 e. The van der Waals surface area contributed by atoms with Gasteiger partial charge < -0.3 is 20.1 Å². The van der Waals surface area contributed by atoms with Gasteiger partial charge in [-0.25, -0.2) is 4.79 Å². The first kappa shape index (κ1) is 15.3. The predicted octanol–water partition coefficient (Wildman–Crippen LogP) is 1.90. The highest BCUT2D eigenvalue weighted by molar-refractivity contribution is 5.81. The highest BCUT2D eigenvalue weighted by atomic mass is 16.5. The second-order valence-corrected chi connectivity index (χ2v) is 5.23. The van der Waals surface area contributed by atoms with E-state index in [1.807, 2.05) is 43.3 Å². The van der Waals surface area contributed by atoms with E-state index in [0.29, 0.717) is 6.61 Å². The molecule has 1 rings (SSSR count). The van der Waals surface area contributed by atoms with Crippen molar-refractivity contribution in [3.8, 4) is 5.75 Å². The van der Waals surface area contributed by atoms with Gasteiger partial charge in [-0.05, 0) is 52.2 Å². The molecule has 0 saturated carbocycles. The molecule has 0 unspecified atom stereocenters. The van der Waals surface area contributed by atoms with Gasteiger partial charge >= 0.3 is 5.97 Å². The highest BCUT2D eigenvalue weighted by Gasteiger charge is 2.26. The molecule has 0 aromatic heterocycles. The van der Waals surface area contributed by atoms with Crippen molar-refractivity contribution < 1.29 is 14.6 Å². The van der Waals surface area contributed by atoms with Crippen LogP contribution in [0.4, 0.5) is 5.69 Å². The Kier molecular flexibility index (Phi) is 5.18. The molecule has 0 fully saturated rings. The molecule has 0 radical (unpaired) electrons. The summed E-state index contributed by atoms with van der Waals surface area (Å²) in [5, 5.41) is 12.0. The molecule has 0 aliphatic heterocycles. The van der Waals surface area contributed by atoms with Gasteiger partial charge in [-0.2, -0.15) is 0 Å². The fraction of sp³-hybridized carbons (Fsp3) is 0.500. The standard InChI is InChI=1S/C14H22N2O3/c1-14(2,13(17)18)15-11-5-7-12(8-6-11)19-10-9-16(3)4/h5-8,15H,9-10H2,1-4H3,(H,17,18). The zero-order valence-corrected chi connectivity index (χ0v) is 11.9.